The average molecular weight is 282 g/mol. The van der Waals surface area contributed by atoms with Gasteiger partial charge in [-0.1, -0.05) is 0 Å². The minimum Gasteiger partial charge on any atom is -0.465 e. The first-order chi connectivity index (χ1) is 9.08. The van der Waals surface area contributed by atoms with Crippen molar-refractivity contribution in [3.05, 3.63) is 21.9 Å². The highest BCUT2D eigenvalue weighted by molar-refractivity contribution is 7.12. The molecule has 2 rings (SSSR count). The predicted molar refractivity (Wildman–Crippen MR) is 73.1 cm³/mol. The van der Waals surface area contributed by atoms with E-state index in [9.17, 15) is 9.59 Å². The molecule has 0 aromatic carbocycles. The molecule has 1 aliphatic carbocycles. The maximum absolute atomic E-state index is 11.8. The number of urea groups is 1. The van der Waals surface area contributed by atoms with Gasteiger partial charge in [0, 0.05) is 22.2 Å². The largest absolute Gasteiger partial charge is 0.465 e. The number of esters is 1. The number of hydrogen-bond acceptors (Lipinski definition) is 4. The third-order valence-corrected chi connectivity index (χ3v) is 4.22. The molecule has 19 heavy (non-hydrogen) atoms. The summed E-state index contributed by atoms with van der Waals surface area (Å²) in [6.45, 7) is 2.82. The van der Waals surface area contributed by atoms with Crippen molar-refractivity contribution < 1.29 is 14.3 Å². The minimum absolute atomic E-state index is 0.0159. The standard InChI is InChI=1S/C13H18N2O3S/c1-8-3-4-11(19-8)9-7-10(9)12(16)18-6-2-5-15-13(14)17/h3-4,9-10H,2,5-7H2,1H3,(H3,14,15,17)/t9-,10+/m1/s1. The van der Waals surface area contributed by atoms with E-state index in [2.05, 4.69) is 24.4 Å². The number of rotatable bonds is 6. The summed E-state index contributed by atoms with van der Waals surface area (Å²) in [7, 11) is 0. The van der Waals surface area contributed by atoms with Crippen LogP contribution in [-0.4, -0.2) is 25.2 Å². The van der Waals surface area contributed by atoms with Crippen LogP contribution in [-0.2, 0) is 9.53 Å². The van der Waals surface area contributed by atoms with Crippen LogP contribution in [0.1, 0.15) is 28.5 Å². The van der Waals surface area contributed by atoms with Crippen molar-refractivity contribution in [2.24, 2.45) is 11.7 Å². The highest BCUT2D eigenvalue weighted by Crippen LogP contribution is 2.50. The van der Waals surface area contributed by atoms with Crippen molar-refractivity contribution in [1.82, 2.24) is 5.32 Å². The van der Waals surface area contributed by atoms with E-state index in [-0.39, 0.29) is 11.9 Å². The van der Waals surface area contributed by atoms with E-state index >= 15 is 0 Å². The number of hydrogen-bond donors (Lipinski definition) is 2. The van der Waals surface area contributed by atoms with Gasteiger partial charge < -0.3 is 15.8 Å². The van der Waals surface area contributed by atoms with Gasteiger partial charge >= 0.3 is 12.0 Å². The van der Waals surface area contributed by atoms with Crippen molar-refractivity contribution in [2.75, 3.05) is 13.2 Å². The topological polar surface area (TPSA) is 81.4 Å². The van der Waals surface area contributed by atoms with Gasteiger partial charge in [-0.05, 0) is 31.9 Å². The number of aryl methyl sites for hydroxylation is 1. The monoisotopic (exact) mass is 282 g/mol. The molecule has 0 unspecified atom stereocenters. The van der Waals surface area contributed by atoms with Gasteiger partial charge in [0.05, 0.1) is 12.5 Å². The van der Waals surface area contributed by atoms with Crippen LogP contribution in [0.15, 0.2) is 12.1 Å². The number of nitrogens with one attached hydrogen (secondary N) is 1. The zero-order valence-electron chi connectivity index (χ0n) is 10.8. The summed E-state index contributed by atoms with van der Waals surface area (Å²) in [5, 5.41) is 2.45. The van der Waals surface area contributed by atoms with Crippen LogP contribution >= 0.6 is 11.3 Å². The van der Waals surface area contributed by atoms with Crippen LogP contribution in [0, 0.1) is 12.8 Å². The zero-order valence-corrected chi connectivity index (χ0v) is 11.7. The Hall–Kier alpha value is -1.56. The summed E-state index contributed by atoms with van der Waals surface area (Å²) in [6.07, 6.45) is 1.47. The third-order valence-electron chi connectivity index (χ3n) is 3.08. The van der Waals surface area contributed by atoms with Gasteiger partial charge in [-0.2, -0.15) is 0 Å². The summed E-state index contributed by atoms with van der Waals surface area (Å²) in [4.78, 5) is 24.7. The van der Waals surface area contributed by atoms with Gasteiger partial charge in [-0.15, -0.1) is 11.3 Å². The smallest absolute Gasteiger partial charge is 0.312 e. The lowest BCUT2D eigenvalue weighted by Gasteiger charge is -2.04. The molecule has 6 heteroatoms. The number of carbonyl (C=O) groups is 2. The molecule has 1 aromatic rings. The maximum atomic E-state index is 11.8. The molecule has 1 fully saturated rings. The first-order valence-electron chi connectivity index (χ1n) is 6.34. The van der Waals surface area contributed by atoms with Crippen LogP contribution < -0.4 is 11.1 Å². The number of carbonyl (C=O) groups excluding carboxylic acids is 2. The van der Waals surface area contributed by atoms with Crippen molar-refractivity contribution in [3.63, 3.8) is 0 Å². The number of amides is 2. The molecule has 1 aromatic heterocycles. The van der Waals surface area contributed by atoms with Gasteiger partial charge in [0.15, 0.2) is 0 Å². The molecule has 2 atom stereocenters. The molecule has 0 saturated heterocycles. The summed E-state index contributed by atoms with van der Waals surface area (Å²) in [5.74, 6) is 0.229. The van der Waals surface area contributed by atoms with E-state index in [4.69, 9.17) is 10.5 Å². The van der Waals surface area contributed by atoms with Crippen molar-refractivity contribution in [1.29, 1.82) is 0 Å². The van der Waals surface area contributed by atoms with E-state index in [0.717, 1.165) is 6.42 Å². The molecule has 5 nitrogen and oxygen atoms in total. The van der Waals surface area contributed by atoms with E-state index in [1.54, 1.807) is 11.3 Å². The molecular formula is C13H18N2O3S. The van der Waals surface area contributed by atoms with E-state index in [0.29, 0.717) is 25.5 Å². The lowest BCUT2D eigenvalue weighted by Crippen LogP contribution is -2.30. The van der Waals surface area contributed by atoms with Crippen molar-refractivity contribution in [2.45, 2.75) is 25.7 Å². The molecule has 1 aliphatic rings. The first-order valence-corrected chi connectivity index (χ1v) is 7.16. The van der Waals surface area contributed by atoms with Crippen LogP contribution in [0.5, 0.6) is 0 Å². The Labute approximate surface area is 116 Å². The summed E-state index contributed by atoms with van der Waals surface area (Å²) >= 11 is 1.75. The second-order valence-electron chi connectivity index (χ2n) is 4.71. The normalized spacial score (nSPS) is 20.9. The lowest BCUT2D eigenvalue weighted by atomic mass is 10.2. The summed E-state index contributed by atoms with van der Waals surface area (Å²) in [6, 6.07) is 3.62. The third kappa shape index (κ3) is 3.96. The molecule has 2 amide bonds. The maximum Gasteiger partial charge on any atom is 0.312 e. The molecular weight excluding hydrogens is 264 g/mol. The predicted octanol–water partition coefficient (Wildman–Crippen LogP) is 1.76. The SMILES string of the molecule is Cc1ccc([C@@H]2C[C@@H]2C(=O)OCCCNC(N)=O)s1. The molecule has 1 saturated carbocycles. The molecule has 104 valence electrons. The number of nitrogens with two attached hydrogens (primary N) is 1. The quantitative estimate of drug-likeness (QED) is 0.616. The minimum atomic E-state index is -0.554. The van der Waals surface area contributed by atoms with Crippen LogP contribution in [0.4, 0.5) is 4.79 Å². The van der Waals surface area contributed by atoms with Gasteiger partial charge in [-0.3, -0.25) is 4.79 Å². The zero-order chi connectivity index (χ0) is 13.8. The lowest BCUT2D eigenvalue weighted by molar-refractivity contribution is -0.145. The Morgan fingerprint density at radius 2 is 2.32 bits per heavy atom. The fraction of sp³-hybridized carbons (Fsp3) is 0.538. The molecule has 0 radical (unpaired) electrons. The van der Waals surface area contributed by atoms with Crippen LogP contribution in [0.25, 0.3) is 0 Å². The first kappa shape index (κ1) is 13.9. The average Bonchev–Trinajstić information content (AvgIpc) is 3.04. The molecule has 1 heterocycles. The van der Waals surface area contributed by atoms with E-state index in [1.165, 1.54) is 9.75 Å². The van der Waals surface area contributed by atoms with Gasteiger partial charge in [-0.25, -0.2) is 4.79 Å². The molecule has 0 aliphatic heterocycles. The molecule has 3 N–H and O–H groups in total. The summed E-state index contributed by atoms with van der Waals surface area (Å²) in [5.41, 5.74) is 4.92. The Morgan fingerprint density at radius 1 is 1.53 bits per heavy atom. The second-order valence-corrected chi connectivity index (χ2v) is 6.03. The Kier molecular flexibility index (Phi) is 4.42. The Balaban J connectivity index is 1.64. The second kappa shape index (κ2) is 6.06. The fourth-order valence-electron chi connectivity index (χ4n) is 1.99. The molecule has 0 spiro atoms. The van der Waals surface area contributed by atoms with E-state index in [1.807, 2.05) is 0 Å². The van der Waals surface area contributed by atoms with Gasteiger partial charge in [0.2, 0.25) is 0 Å². The van der Waals surface area contributed by atoms with Crippen molar-refractivity contribution >= 4 is 23.3 Å². The van der Waals surface area contributed by atoms with Gasteiger partial charge in [0.1, 0.15) is 0 Å². The summed E-state index contributed by atoms with van der Waals surface area (Å²) < 4.78 is 5.18. The number of ether oxygens (including phenoxy) is 1. The Bertz CT molecular complexity index is 472. The van der Waals surface area contributed by atoms with Crippen LogP contribution in [0.2, 0.25) is 0 Å². The van der Waals surface area contributed by atoms with Crippen LogP contribution in [0.3, 0.4) is 0 Å². The Morgan fingerprint density at radius 3 is 2.95 bits per heavy atom. The van der Waals surface area contributed by atoms with E-state index < -0.39 is 6.03 Å². The number of thiophene rings is 1. The molecule has 0 bridgehead atoms. The fourth-order valence-corrected chi connectivity index (χ4v) is 3.04. The van der Waals surface area contributed by atoms with Gasteiger partial charge in [0.25, 0.3) is 0 Å². The van der Waals surface area contributed by atoms with Crippen molar-refractivity contribution in [3.8, 4) is 0 Å². The highest BCUT2D eigenvalue weighted by Gasteiger charge is 2.45. The number of primary amides is 1. The highest BCUT2D eigenvalue weighted by atomic mass is 32.1.